The van der Waals surface area contributed by atoms with Crippen LogP contribution < -0.4 is 9.21 Å². The van der Waals surface area contributed by atoms with E-state index in [4.69, 9.17) is 0 Å². The Bertz CT molecular complexity index is 1050. The Hall–Kier alpha value is -2.68. The maximum atomic E-state index is 13.3. The van der Waals surface area contributed by atoms with Crippen molar-refractivity contribution < 1.29 is 17.6 Å². The molecule has 2 aliphatic heterocycles. The van der Waals surface area contributed by atoms with Gasteiger partial charge in [0.2, 0.25) is 15.9 Å². The number of hydrogen-bond donors (Lipinski definition) is 0. The zero-order valence-corrected chi connectivity index (χ0v) is 19.8. The first-order chi connectivity index (χ1) is 15.9. The van der Waals surface area contributed by atoms with E-state index in [1.165, 1.54) is 16.4 Å². The summed E-state index contributed by atoms with van der Waals surface area (Å²) < 4.78 is 40.6. The van der Waals surface area contributed by atoms with Gasteiger partial charge in [-0.1, -0.05) is 19.1 Å². The molecule has 0 atom stereocenters. The number of halogens is 1. The highest BCUT2D eigenvalue weighted by molar-refractivity contribution is 7.92. The van der Waals surface area contributed by atoms with Gasteiger partial charge in [0.15, 0.2) is 0 Å². The molecule has 0 spiro atoms. The average molecular weight is 475 g/mol. The second-order valence-electron chi connectivity index (χ2n) is 8.73. The van der Waals surface area contributed by atoms with Crippen LogP contribution in [0.3, 0.4) is 0 Å². The molecule has 2 fully saturated rings. The van der Waals surface area contributed by atoms with E-state index in [-0.39, 0.29) is 24.0 Å². The maximum Gasteiger partial charge on any atom is 0.235 e. The van der Waals surface area contributed by atoms with Crippen LogP contribution in [0.1, 0.15) is 44.6 Å². The molecule has 1 aromatic heterocycles. The topological polar surface area (TPSA) is 73.8 Å². The Morgan fingerprint density at radius 1 is 1.09 bits per heavy atom. The highest BCUT2D eigenvalue weighted by Gasteiger charge is 2.31. The summed E-state index contributed by atoms with van der Waals surface area (Å²) in [7, 11) is -3.54. The molecule has 0 radical (unpaired) electrons. The van der Waals surface area contributed by atoms with Crippen molar-refractivity contribution in [3.63, 3.8) is 0 Å². The standard InChI is InChI=1S/C24H31FN4O3S/c1-2-16-33(31,32)29(18-19-5-7-20(25)8-6-19)22-9-10-23(26-17-22)27-14-11-21(12-15-27)28-13-3-4-24(28)30/h5-10,17,21H,2-4,11-16,18H2,1H3. The van der Waals surface area contributed by atoms with Crippen molar-refractivity contribution in [3.8, 4) is 0 Å². The minimum atomic E-state index is -3.54. The number of aromatic nitrogens is 1. The summed E-state index contributed by atoms with van der Waals surface area (Å²) >= 11 is 0. The Kier molecular flexibility index (Phi) is 7.17. The maximum absolute atomic E-state index is 13.3. The van der Waals surface area contributed by atoms with Crippen LogP contribution in [0.15, 0.2) is 42.6 Å². The second kappa shape index (κ2) is 10.1. The fraction of sp³-hybridized carbons (Fsp3) is 0.500. The number of amides is 1. The molecule has 2 aliphatic rings. The fourth-order valence-corrected chi connectivity index (χ4v) is 6.16. The van der Waals surface area contributed by atoms with Crippen LogP contribution in [0.2, 0.25) is 0 Å². The van der Waals surface area contributed by atoms with Crippen LogP contribution in [0.4, 0.5) is 15.9 Å². The molecule has 4 rings (SSSR count). The van der Waals surface area contributed by atoms with Crippen molar-refractivity contribution in [2.75, 3.05) is 34.6 Å². The molecule has 7 nitrogen and oxygen atoms in total. The molecule has 33 heavy (non-hydrogen) atoms. The van der Waals surface area contributed by atoms with Gasteiger partial charge in [-0.2, -0.15) is 0 Å². The van der Waals surface area contributed by atoms with Gasteiger partial charge in [0.1, 0.15) is 11.6 Å². The number of carbonyl (C=O) groups excluding carboxylic acids is 1. The summed E-state index contributed by atoms with van der Waals surface area (Å²) in [5.41, 5.74) is 1.20. The highest BCUT2D eigenvalue weighted by Crippen LogP contribution is 2.27. The van der Waals surface area contributed by atoms with Gasteiger partial charge in [0.05, 0.1) is 24.2 Å². The smallest absolute Gasteiger partial charge is 0.235 e. The lowest BCUT2D eigenvalue weighted by atomic mass is 10.0. The van der Waals surface area contributed by atoms with Crippen molar-refractivity contribution >= 4 is 27.4 Å². The summed E-state index contributed by atoms with van der Waals surface area (Å²) in [5.74, 6) is 0.745. The molecule has 1 amide bonds. The summed E-state index contributed by atoms with van der Waals surface area (Å²) in [5, 5.41) is 0. The van der Waals surface area contributed by atoms with Gasteiger partial charge in [0.25, 0.3) is 0 Å². The Morgan fingerprint density at radius 3 is 2.39 bits per heavy atom. The Balaban J connectivity index is 1.47. The van der Waals surface area contributed by atoms with Crippen molar-refractivity contribution in [3.05, 3.63) is 54.0 Å². The van der Waals surface area contributed by atoms with Crippen LogP contribution in [0.25, 0.3) is 0 Å². The van der Waals surface area contributed by atoms with Crippen LogP contribution in [-0.2, 0) is 21.4 Å². The van der Waals surface area contributed by atoms with E-state index in [1.807, 2.05) is 17.9 Å². The quantitative estimate of drug-likeness (QED) is 0.585. The lowest BCUT2D eigenvalue weighted by Gasteiger charge is -2.37. The van der Waals surface area contributed by atoms with Gasteiger partial charge in [0, 0.05) is 32.1 Å². The van der Waals surface area contributed by atoms with Crippen molar-refractivity contribution in [1.82, 2.24) is 9.88 Å². The van der Waals surface area contributed by atoms with Gasteiger partial charge in [-0.3, -0.25) is 9.10 Å². The van der Waals surface area contributed by atoms with E-state index >= 15 is 0 Å². The van der Waals surface area contributed by atoms with Crippen molar-refractivity contribution in [2.45, 2.75) is 51.6 Å². The molecule has 0 N–H and O–H groups in total. The molecule has 2 aromatic rings. The first-order valence-electron chi connectivity index (χ1n) is 11.6. The third kappa shape index (κ3) is 5.46. The normalized spacial score (nSPS) is 17.6. The number of nitrogens with zero attached hydrogens (tertiary/aromatic N) is 4. The van der Waals surface area contributed by atoms with E-state index in [0.29, 0.717) is 30.1 Å². The number of piperidine rings is 1. The van der Waals surface area contributed by atoms with Gasteiger partial charge >= 0.3 is 0 Å². The lowest BCUT2D eigenvalue weighted by molar-refractivity contribution is -0.130. The number of carbonyl (C=O) groups is 1. The molecular formula is C24H31FN4O3S. The average Bonchev–Trinajstić information content (AvgIpc) is 3.24. The first-order valence-corrected chi connectivity index (χ1v) is 13.2. The minimum Gasteiger partial charge on any atom is -0.356 e. The number of benzene rings is 1. The van der Waals surface area contributed by atoms with Gasteiger partial charge in [-0.05, 0) is 55.5 Å². The van der Waals surface area contributed by atoms with Crippen molar-refractivity contribution in [2.24, 2.45) is 0 Å². The molecule has 0 bridgehead atoms. The second-order valence-corrected chi connectivity index (χ2v) is 10.7. The molecule has 1 aromatic carbocycles. The Labute approximate surface area is 195 Å². The minimum absolute atomic E-state index is 0.0265. The van der Waals surface area contributed by atoms with E-state index in [2.05, 4.69) is 9.88 Å². The lowest BCUT2D eigenvalue weighted by Crippen LogP contribution is -2.45. The number of pyridine rings is 1. The third-order valence-corrected chi connectivity index (χ3v) is 8.33. The number of anilines is 2. The van der Waals surface area contributed by atoms with Gasteiger partial charge in [-0.25, -0.2) is 17.8 Å². The number of rotatable bonds is 8. The SMILES string of the molecule is CCCS(=O)(=O)N(Cc1ccc(F)cc1)c1ccc(N2CCC(N3CCCC3=O)CC2)nc1. The van der Waals surface area contributed by atoms with E-state index in [1.54, 1.807) is 24.4 Å². The third-order valence-electron chi connectivity index (χ3n) is 6.40. The number of hydrogen-bond acceptors (Lipinski definition) is 5. The van der Waals surface area contributed by atoms with Gasteiger partial charge in [-0.15, -0.1) is 0 Å². The molecule has 2 saturated heterocycles. The van der Waals surface area contributed by atoms with Crippen LogP contribution in [0, 0.1) is 5.82 Å². The molecular weight excluding hydrogens is 443 g/mol. The summed E-state index contributed by atoms with van der Waals surface area (Å²) in [6.45, 7) is 4.45. The number of likely N-dealkylation sites (tertiary alicyclic amines) is 1. The molecule has 0 unspecified atom stereocenters. The summed E-state index contributed by atoms with van der Waals surface area (Å²) in [6, 6.07) is 9.81. The van der Waals surface area contributed by atoms with E-state index < -0.39 is 10.0 Å². The predicted molar refractivity (Wildman–Crippen MR) is 127 cm³/mol. The molecule has 0 saturated carbocycles. The molecule has 9 heteroatoms. The van der Waals surface area contributed by atoms with E-state index in [0.717, 1.165) is 44.7 Å². The largest absolute Gasteiger partial charge is 0.356 e. The molecule has 3 heterocycles. The fourth-order valence-electron chi connectivity index (χ4n) is 4.65. The summed E-state index contributed by atoms with van der Waals surface area (Å²) in [4.78, 5) is 20.8. The molecule has 178 valence electrons. The van der Waals surface area contributed by atoms with Crippen LogP contribution in [0.5, 0.6) is 0 Å². The van der Waals surface area contributed by atoms with Crippen LogP contribution in [-0.4, -0.2) is 55.6 Å². The molecule has 0 aliphatic carbocycles. The number of sulfonamides is 1. The zero-order chi connectivity index (χ0) is 23.4. The zero-order valence-electron chi connectivity index (χ0n) is 19.0. The first kappa shape index (κ1) is 23.5. The van der Waals surface area contributed by atoms with Crippen molar-refractivity contribution in [1.29, 1.82) is 0 Å². The summed E-state index contributed by atoms with van der Waals surface area (Å²) in [6.07, 6.45) is 5.55. The van der Waals surface area contributed by atoms with E-state index in [9.17, 15) is 17.6 Å². The predicted octanol–water partition coefficient (Wildman–Crippen LogP) is 3.56. The Morgan fingerprint density at radius 2 is 1.82 bits per heavy atom. The van der Waals surface area contributed by atoms with Gasteiger partial charge < -0.3 is 9.80 Å². The monoisotopic (exact) mass is 474 g/mol. The van der Waals surface area contributed by atoms with Crippen LogP contribution >= 0.6 is 0 Å². The highest BCUT2D eigenvalue weighted by atomic mass is 32.2.